The Labute approximate surface area is 76.1 Å². The number of hydrogen-bond donors (Lipinski definition) is 2. The molecular formula is C8H10NO3P. The smallest absolute Gasteiger partial charge is 0.321 e. The van der Waals surface area contributed by atoms with E-state index in [9.17, 15) is 4.57 Å². The van der Waals surface area contributed by atoms with Gasteiger partial charge in [-0.25, -0.2) is 0 Å². The quantitative estimate of drug-likeness (QED) is 0.708. The Morgan fingerprint density at radius 2 is 2.15 bits per heavy atom. The molecule has 1 rings (SSSR count). The van der Waals surface area contributed by atoms with Gasteiger partial charge in [0, 0.05) is 17.7 Å². The van der Waals surface area contributed by atoms with Crippen molar-refractivity contribution in [2.45, 2.75) is 6.92 Å². The zero-order valence-corrected chi connectivity index (χ0v) is 7.98. The Morgan fingerprint density at radius 3 is 2.62 bits per heavy atom. The molecule has 0 aliphatic carbocycles. The van der Waals surface area contributed by atoms with E-state index in [-0.39, 0.29) is 0 Å². The summed E-state index contributed by atoms with van der Waals surface area (Å²) in [6, 6.07) is 3.52. The molecule has 0 bridgehead atoms. The van der Waals surface area contributed by atoms with E-state index in [0.29, 0.717) is 5.56 Å². The summed E-state index contributed by atoms with van der Waals surface area (Å²) < 4.78 is 10.5. The van der Waals surface area contributed by atoms with Crippen molar-refractivity contribution in [2.75, 3.05) is 0 Å². The highest BCUT2D eigenvalue weighted by molar-refractivity contribution is 7.55. The molecule has 0 aliphatic rings. The van der Waals surface area contributed by atoms with Gasteiger partial charge in [-0.2, -0.15) is 0 Å². The predicted molar refractivity (Wildman–Crippen MR) is 50.1 cm³/mol. The van der Waals surface area contributed by atoms with E-state index in [1.165, 1.54) is 6.08 Å². The predicted octanol–water partition coefficient (Wildman–Crippen LogP) is 1.54. The Kier molecular flexibility index (Phi) is 2.98. The molecule has 0 aliphatic heterocycles. The highest BCUT2D eigenvalue weighted by Gasteiger charge is 2.04. The number of nitrogens with zero attached hydrogens (tertiary/aromatic N) is 1. The third kappa shape index (κ3) is 3.99. The highest BCUT2D eigenvalue weighted by atomic mass is 31.2. The normalized spacial score (nSPS) is 12.2. The lowest BCUT2D eigenvalue weighted by Gasteiger charge is -1.95. The Morgan fingerprint density at radius 1 is 1.46 bits per heavy atom. The number of aryl methyl sites for hydroxylation is 1. The fourth-order valence-corrected chi connectivity index (χ4v) is 1.13. The summed E-state index contributed by atoms with van der Waals surface area (Å²) in [5.74, 6) is 0.860. The van der Waals surface area contributed by atoms with E-state index in [0.717, 1.165) is 11.5 Å². The van der Waals surface area contributed by atoms with E-state index < -0.39 is 7.60 Å². The average molecular weight is 199 g/mol. The molecule has 70 valence electrons. The maximum Gasteiger partial charge on any atom is 0.349 e. The third-order valence-corrected chi connectivity index (χ3v) is 1.93. The van der Waals surface area contributed by atoms with Gasteiger partial charge in [0.15, 0.2) is 0 Å². The van der Waals surface area contributed by atoms with Gasteiger partial charge in [-0.1, -0.05) is 6.07 Å². The van der Waals surface area contributed by atoms with Gasteiger partial charge >= 0.3 is 7.60 Å². The maximum absolute atomic E-state index is 10.5. The summed E-state index contributed by atoms with van der Waals surface area (Å²) in [4.78, 5) is 21.1. The first-order chi connectivity index (χ1) is 5.97. The molecule has 1 aromatic rings. The zero-order chi connectivity index (χ0) is 9.90. The minimum atomic E-state index is -4.05. The summed E-state index contributed by atoms with van der Waals surface area (Å²) in [5.41, 5.74) is 1.54. The molecule has 0 saturated heterocycles. The van der Waals surface area contributed by atoms with E-state index in [2.05, 4.69) is 4.98 Å². The van der Waals surface area contributed by atoms with E-state index in [1.54, 1.807) is 18.3 Å². The number of aromatic nitrogens is 1. The first-order valence-corrected chi connectivity index (χ1v) is 5.33. The van der Waals surface area contributed by atoms with Crippen molar-refractivity contribution in [2.24, 2.45) is 0 Å². The van der Waals surface area contributed by atoms with Crippen molar-refractivity contribution < 1.29 is 14.4 Å². The Bertz CT molecular complexity index is 352. The van der Waals surface area contributed by atoms with Crippen LogP contribution in [0, 0.1) is 6.92 Å². The van der Waals surface area contributed by atoms with Crippen LogP contribution in [0.25, 0.3) is 6.08 Å². The molecule has 2 N–H and O–H groups in total. The van der Waals surface area contributed by atoms with Crippen molar-refractivity contribution in [1.29, 1.82) is 0 Å². The molecule has 0 atom stereocenters. The average Bonchev–Trinajstić information content (AvgIpc) is 2.02. The fraction of sp³-hybridized carbons (Fsp3) is 0.125. The van der Waals surface area contributed by atoms with Crippen LogP contribution in [0.2, 0.25) is 0 Å². The molecule has 0 fully saturated rings. The first kappa shape index (κ1) is 10.1. The van der Waals surface area contributed by atoms with Crippen LogP contribution >= 0.6 is 7.60 Å². The van der Waals surface area contributed by atoms with Crippen molar-refractivity contribution in [3.05, 3.63) is 35.4 Å². The van der Waals surface area contributed by atoms with Crippen LogP contribution < -0.4 is 0 Å². The molecule has 1 aromatic heterocycles. The molecule has 0 radical (unpaired) electrons. The maximum atomic E-state index is 10.5. The second-order valence-electron chi connectivity index (χ2n) is 2.64. The van der Waals surface area contributed by atoms with Crippen molar-refractivity contribution >= 4 is 13.7 Å². The highest BCUT2D eigenvalue weighted by Crippen LogP contribution is 2.36. The SMILES string of the molecule is Cc1ccc(/C=C/P(=O)(O)O)cn1. The number of rotatable bonds is 2. The third-order valence-electron chi connectivity index (χ3n) is 1.40. The monoisotopic (exact) mass is 199 g/mol. The summed E-state index contributed by atoms with van der Waals surface area (Å²) in [5, 5.41) is 0. The lowest BCUT2D eigenvalue weighted by atomic mass is 10.2. The van der Waals surface area contributed by atoms with Gasteiger partial charge in [-0.05, 0) is 24.6 Å². The van der Waals surface area contributed by atoms with Gasteiger partial charge in [-0.15, -0.1) is 0 Å². The summed E-state index contributed by atoms with van der Waals surface area (Å²) in [6.07, 6.45) is 2.91. The van der Waals surface area contributed by atoms with Crippen LogP contribution in [-0.2, 0) is 4.57 Å². The Balaban J connectivity index is 2.81. The second-order valence-corrected chi connectivity index (χ2v) is 4.11. The molecular weight excluding hydrogens is 189 g/mol. The molecule has 5 heteroatoms. The van der Waals surface area contributed by atoms with Crippen molar-refractivity contribution in [1.82, 2.24) is 4.98 Å². The van der Waals surface area contributed by atoms with Crippen molar-refractivity contribution in [3.8, 4) is 0 Å². The van der Waals surface area contributed by atoms with E-state index >= 15 is 0 Å². The standard InChI is InChI=1S/C8H10NO3P/c1-7-2-3-8(6-9-7)4-5-13(10,11)12/h2-6H,1H3,(H2,10,11,12)/b5-4+. The molecule has 0 unspecified atom stereocenters. The van der Waals surface area contributed by atoms with Gasteiger partial charge in [-0.3, -0.25) is 9.55 Å². The van der Waals surface area contributed by atoms with Crippen LogP contribution in [0.15, 0.2) is 24.1 Å². The topological polar surface area (TPSA) is 70.4 Å². The van der Waals surface area contributed by atoms with Gasteiger partial charge < -0.3 is 9.79 Å². The summed E-state index contributed by atoms with van der Waals surface area (Å²) >= 11 is 0. The fourth-order valence-electron chi connectivity index (χ4n) is 0.761. The van der Waals surface area contributed by atoms with Gasteiger partial charge in [0.2, 0.25) is 0 Å². The molecule has 0 saturated carbocycles. The second kappa shape index (κ2) is 3.83. The lowest BCUT2D eigenvalue weighted by Crippen LogP contribution is -1.80. The molecule has 0 spiro atoms. The lowest BCUT2D eigenvalue weighted by molar-refractivity contribution is 0.386. The Hall–Kier alpha value is -0.960. The number of pyridine rings is 1. The van der Waals surface area contributed by atoms with E-state index in [4.69, 9.17) is 9.79 Å². The summed E-state index contributed by atoms with van der Waals surface area (Å²) in [7, 11) is -4.05. The van der Waals surface area contributed by atoms with Gasteiger partial charge in [0.25, 0.3) is 0 Å². The number of hydrogen-bond acceptors (Lipinski definition) is 2. The first-order valence-electron chi connectivity index (χ1n) is 3.64. The molecule has 0 aromatic carbocycles. The van der Waals surface area contributed by atoms with Crippen molar-refractivity contribution in [3.63, 3.8) is 0 Å². The molecule has 4 nitrogen and oxygen atoms in total. The molecule has 1 heterocycles. The van der Waals surface area contributed by atoms with Crippen LogP contribution in [-0.4, -0.2) is 14.8 Å². The largest absolute Gasteiger partial charge is 0.349 e. The molecule has 13 heavy (non-hydrogen) atoms. The minimum Gasteiger partial charge on any atom is -0.321 e. The van der Waals surface area contributed by atoms with Gasteiger partial charge in [0.1, 0.15) is 0 Å². The van der Waals surface area contributed by atoms with E-state index in [1.807, 2.05) is 6.92 Å². The van der Waals surface area contributed by atoms with Crippen LogP contribution in [0.5, 0.6) is 0 Å². The summed E-state index contributed by atoms with van der Waals surface area (Å²) in [6.45, 7) is 1.84. The minimum absolute atomic E-state index is 0.675. The van der Waals surface area contributed by atoms with Gasteiger partial charge in [0.05, 0.1) is 0 Å². The zero-order valence-electron chi connectivity index (χ0n) is 7.08. The van der Waals surface area contributed by atoms with Crippen LogP contribution in [0.3, 0.4) is 0 Å². The van der Waals surface area contributed by atoms with Crippen LogP contribution in [0.4, 0.5) is 0 Å². The molecule has 0 amide bonds. The van der Waals surface area contributed by atoms with Crippen LogP contribution in [0.1, 0.15) is 11.3 Å².